The van der Waals surface area contributed by atoms with Crippen LogP contribution in [0.1, 0.15) is 52.5 Å². The van der Waals surface area contributed by atoms with Crippen molar-refractivity contribution in [3.63, 3.8) is 0 Å². The first-order chi connectivity index (χ1) is 13.5. The number of hydrogen-bond donors (Lipinski definition) is 2. The van der Waals surface area contributed by atoms with Crippen molar-refractivity contribution in [2.45, 2.75) is 58.5 Å². The average Bonchev–Trinajstić information content (AvgIpc) is 3.47. The molecule has 2 aliphatic rings. The molecule has 28 heavy (non-hydrogen) atoms. The zero-order valence-electron chi connectivity index (χ0n) is 17.0. The van der Waals surface area contributed by atoms with Gasteiger partial charge >= 0.3 is 5.69 Å². The van der Waals surface area contributed by atoms with E-state index < -0.39 is 0 Å². The number of halogens is 1. The van der Waals surface area contributed by atoms with Crippen LogP contribution in [-0.4, -0.2) is 46.0 Å². The summed E-state index contributed by atoms with van der Waals surface area (Å²) in [6.45, 7) is 8.85. The van der Waals surface area contributed by atoms with Crippen molar-refractivity contribution in [1.82, 2.24) is 19.8 Å². The third-order valence-corrected chi connectivity index (χ3v) is 5.96. The van der Waals surface area contributed by atoms with Gasteiger partial charge in [0.15, 0.2) is 0 Å². The van der Waals surface area contributed by atoms with E-state index in [1.165, 1.54) is 0 Å². The Morgan fingerprint density at radius 3 is 2.57 bits per heavy atom. The number of nitrogens with one attached hydrogen (secondary N) is 2. The minimum atomic E-state index is -0.0263. The highest BCUT2D eigenvalue weighted by Crippen LogP contribution is 2.29. The number of likely N-dealkylation sites (tertiary alicyclic amines) is 1. The molecule has 0 spiro atoms. The molecule has 1 atom stereocenters. The molecular formula is C21H31BrN4O2. The molecule has 1 saturated carbocycles. The molecule has 1 saturated heterocycles. The Balaban J connectivity index is 0.00000109. The van der Waals surface area contributed by atoms with Gasteiger partial charge in [-0.05, 0) is 50.8 Å². The topological polar surface area (TPSA) is 70.1 Å². The fourth-order valence-electron chi connectivity index (χ4n) is 3.97. The zero-order valence-corrected chi connectivity index (χ0v) is 18.6. The van der Waals surface area contributed by atoms with Crippen molar-refractivity contribution < 1.29 is 4.79 Å². The van der Waals surface area contributed by atoms with Gasteiger partial charge < -0.3 is 15.2 Å². The monoisotopic (exact) mass is 450 g/mol. The SMILES string of the molecule is CC.CC(CN1CCC(n2c(=O)[nH]c3cc(Br)ccc32)CC1)NC(=O)C1CC1. The van der Waals surface area contributed by atoms with Crippen LogP contribution in [0.5, 0.6) is 0 Å². The summed E-state index contributed by atoms with van der Waals surface area (Å²) in [6, 6.07) is 6.33. The van der Waals surface area contributed by atoms with E-state index in [-0.39, 0.29) is 29.6 Å². The number of carbonyl (C=O) groups is 1. The van der Waals surface area contributed by atoms with Gasteiger partial charge in [0.05, 0.1) is 11.0 Å². The predicted molar refractivity (Wildman–Crippen MR) is 117 cm³/mol. The molecule has 2 heterocycles. The first-order valence-corrected chi connectivity index (χ1v) is 11.2. The number of imidazole rings is 1. The lowest BCUT2D eigenvalue weighted by Gasteiger charge is -2.34. The summed E-state index contributed by atoms with van der Waals surface area (Å²) < 4.78 is 2.88. The van der Waals surface area contributed by atoms with Crippen molar-refractivity contribution >= 4 is 32.9 Å². The highest BCUT2D eigenvalue weighted by Gasteiger charge is 2.31. The number of hydrogen-bond acceptors (Lipinski definition) is 3. The van der Waals surface area contributed by atoms with Crippen molar-refractivity contribution in [3.8, 4) is 0 Å². The molecule has 1 aromatic carbocycles. The molecule has 1 aromatic heterocycles. The van der Waals surface area contributed by atoms with E-state index >= 15 is 0 Å². The second-order valence-corrected chi connectivity index (χ2v) is 8.59. The molecule has 1 amide bonds. The van der Waals surface area contributed by atoms with Gasteiger partial charge in [-0.25, -0.2) is 4.79 Å². The van der Waals surface area contributed by atoms with Gasteiger partial charge in [-0.2, -0.15) is 0 Å². The van der Waals surface area contributed by atoms with Gasteiger partial charge in [-0.15, -0.1) is 0 Å². The summed E-state index contributed by atoms with van der Waals surface area (Å²) in [7, 11) is 0. The summed E-state index contributed by atoms with van der Waals surface area (Å²) in [5.74, 6) is 0.473. The molecule has 7 heteroatoms. The zero-order chi connectivity index (χ0) is 20.3. The maximum absolute atomic E-state index is 12.4. The Morgan fingerprint density at radius 2 is 1.93 bits per heavy atom. The highest BCUT2D eigenvalue weighted by atomic mass is 79.9. The van der Waals surface area contributed by atoms with Gasteiger partial charge in [0.25, 0.3) is 0 Å². The van der Waals surface area contributed by atoms with Crippen LogP contribution in [-0.2, 0) is 4.79 Å². The molecule has 0 radical (unpaired) electrons. The fraction of sp³-hybridized carbons (Fsp3) is 0.619. The van der Waals surface area contributed by atoms with Gasteiger partial charge in [0.2, 0.25) is 5.91 Å². The molecule has 1 aliphatic carbocycles. The summed E-state index contributed by atoms with van der Waals surface area (Å²) in [5, 5.41) is 3.12. The second kappa shape index (κ2) is 9.27. The summed E-state index contributed by atoms with van der Waals surface area (Å²) in [4.78, 5) is 29.7. The van der Waals surface area contributed by atoms with E-state index in [0.717, 1.165) is 60.8 Å². The van der Waals surface area contributed by atoms with Gasteiger partial charge in [-0.1, -0.05) is 29.8 Å². The number of amides is 1. The minimum Gasteiger partial charge on any atom is -0.352 e. The fourth-order valence-corrected chi connectivity index (χ4v) is 4.33. The lowest BCUT2D eigenvalue weighted by molar-refractivity contribution is -0.123. The number of carbonyl (C=O) groups excluding carboxylic acids is 1. The molecule has 0 bridgehead atoms. The number of benzene rings is 1. The standard InChI is InChI=1S/C19H25BrN4O2.C2H6/c1-12(21-18(25)13-2-3-13)11-23-8-6-15(7-9-23)24-17-5-4-14(20)10-16(17)22-19(24)26;1-2/h4-5,10,12-13,15H,2-3,6-9,11H2,1H3,(H,21,25)(H,22,26);1-2H3. The summed E-state index contributed by atoms with van der Waals surface area (Å²) in [5.41, 5.74) is 1.83. The number of H-pyrrole nitrogens is 1. The van der Waals surface area contributed by atoms with Crippen LogP contribution in [0.2, 0.25) is 0 Å². The molecule has 6 nitrogen and oxygen atoms in total. The van der Waals surface area contributed by atoms with Gasteiger partial charge in [-0.3, -0.25) is 9.36 Å². The molecule has 1 aliphatic heterocycles. The highest BCUT2D eigenvalue weighted by molar-refractivity contribution is 9.10. The number of fused-ring (bicyclic) bond motifs is 1. The largest absolute Gasteiger partial charge is 0.352 e. The van der Waals surface area contributed by atoms with Crippen LogP contribution in [0, 0.1) is 5.92 Å². The van der Waals surface area contributed by atoms with Crippen LogP contribution in [0.3, 0.4) is 0 Å². The maximum Gasteiger partial charge on any atom is 0.326 e. The lowest BCUT2D eigenvalue weighted by atomic mass is 10.0. The second-order valence-electron chi connectivity index (χ2n) is 7.68. The van der Waals surface area contributed by atoms with E-state index in [2.05, 4.69) is 38.1 Å². The molecular weight excluding hydrogens is 420 g/mol. The first kappa shape index (κ1) is 21.1. The predicted octanol–water partition coefficient (Wildman–Crippen LogP) is 3.67. The third-order valence-electron chi connectivity index (χ3n) is 5.47. The molecule has 154 valence electrons. The van der Waals surface area contributed by atoms with E-state index in [4.69, 9.17) is 0 Å². The van der Waals surface area contributed by atoms with Gasteiger partial charge in [0, 0.05) is 42.1 Å². The first-order valence-electron chi connectivity index (χ1n) is 10.4. The van der Waals surface area contributed by atoms with E-state index in [0.29, 0.717) is 0 Å². The lowest BCUT2D eigenvalue weighted by Crippen LogP contribution is -2.45. The summed E-state index contributed by atoms with van der Waals surface area (Å²) in [6.07, 6.45) is 3.98. The normalized spacial score (nSPS) is 19.1. The molecule has 1 unspecified atom stereocenters. The Labute approximate surface area is 174 Å². The molecule has 2 aromatic rings. The van der Waals surface area contributed by atoms with E-state index in [9.17, 15) is 9.59 Å². The third kappa shape index (κ3) is 4.87. The van der Waals surface area contributed by atoms with Crippen LogP contribution in [0.25, 0.3) is 11.0 Å². The van der Waals surface area contributed by atoms with Gasteiger partial charge in [0.1, 0.15) is 0 Å². The Morgan fingerprint density at radius 1 is 1.25 bits per heavy atom. The Kier molecular flexibility index (Phi) is 6.99. The van der Waals surface area contributed by atoms with Crippen LogP contribution < -0.4 is 11.0 Å². The average molecular weight is 451 g/mol. The number of piperidine rings is 1. The van der Waals surface area contributed by atoms with Crippen LogP contribution >= 0.6 is 15.9 Å². The molecule has 4 rings (SSSR count). The minimum absolute atomic E-state index is 0.0263. The van der Waals surface area contributed by atoms with Crippen LogP contribution in [0.15, 0.2) is 27.5 Å². The quantitative estimate of drug-likeness (QED) is 0.729. The number of aromatic nitrogens is 2. The Hall–Kier alpha value is -1.60. The van der Waals surface area contributed by atoms with E-state index in [1.807, 2.05) is 36.6 Å². The molecule has 2 fully saturated rings. The summed E-state index contributed by atoms with van der Waals surface area (Å²) >= 11 is 3.45. The number of aromatic amines is 1. The van der Waals surface area contributed by atoms with Crippen molar-refractivity contribution in [3.05, 3.63) is 33.2 Å². The Bertz CT molecular complexity index is 863. The van der Waals surface area contributed by atoms with Crippen molar-refractivity contribution in [2.24, 2.45) is 5.92 Å². The number of rotatable bonds is 5. The van der Waals surface area contributed by atoms with Crippen molar-refractivity contribution in [2.75, 3.05) is 19.6 Å². The van der Waals surface area contributed by atoms with Crippen molar-refractivity contribution in [1.29, 1.82) is 0 Å². The smallest absolute Gasteiger partial charge is 0.326 e. The van der Waals surface area contributed by atoms with Crippen LogP contribution in [0.4, 0.5) is 0 Å². The van der Waals surface area contributed by atoms with E-state index in [1.54, 1.807) is 0 Å². The molecule has 2 N–H and O–H groups in total. The maximum atomic E-state index is 12.4. The number of nitrogens with zero attached hydrogens (tertiary/aromatic N) is 2.